The van der Waals surface area contributed by atoms with Crippen molar-refractivity contribution < 1.29 is 14.3 Å². The van der Waals surface area contributed by atoms with Gasteiger partial charge < -0.3 is 14.8 Å². The van der Waals surface area contributed by atoms with Crippen LogP contribution in [0.5, 0.6) is 11.5 Å². The van der Waals surface area contributed by atoms with Crippen molar-refractivity contribution in [2.45, 2.75) is 13.5 Å². The van der Waals surface area contributed by atoms with Crippen LogP contribution in [0.3, 0.4) is 0 Å². The van der Waals surface area contributed by atoms with Gasteiger partial charge in [-0.1, -0.05) is 47.5 Å². The Morgan fingerprint density at radius 1 is 1.03 bits per heavy atom. The number of nitrogens with zero attached hydrogens (tertiary/aromatic N) is 1. The molecule has 3 rings (SSSR count). The van der Waals surface area contributed by atoms with E-state index in [9.17, 15) is 10.1 Å². The van der Waals surface area contributed by atoms with E-state index in [1.165, 1.54) is 6.08 Å². The Balaban J connectivity index is 1.74. The Bertz CT molecular complexity index is 1170. The van der Waals surface area contributed by atoms with Gasteiger partial charge in [0.2, 0.25) is 0 Å². The van der Waals surface area contributed by atoms with Gasteiger partial charge in [-0.05, 0) is 61.0 Å². The second-order valence-corrected chi connectivity index (χ2v) is 7.47. The van der Waals surface area contributed by atoms with E-state index in [2.05, 4.69) is 5.32 Å². The molecule has 5 nitrogen and oxygen atoms in total. The molecular weight excluding hydrogens is 447 g/mol. The van der Waals surface area contributed by atoms with E-state index < -0.39 is 5.91 Å². The van der Waals surface area contributed by atoms with Gasteiger partial charge in [0.1, 0.15) is 29.7 Å². The van der Waals surface area contributed by atoms with Crippen molar-refractivity contribution in [2.75, 3.05) is 11.9 Å². The Morgan fingerprint density at radius 3 is 2.47 bits per heavy atom. The summed E-state index contributed by atoms with van der Waals surface area (Å²) in [5.74, 6) is 0.714. The van der Waals surface area contributed by atoms with Gasteiger partial charge in [0.05, 0.1) is 16.7 Å². The Kier molecular flexibility index (Phi) is 8.15. The largest absolute Gasteiger partial charge is 0.494 e. The van der Waals surface area contributed by atoms with Crippen molar-refractivity contribution >= 4 is 40.9 Å². The molecule has 0 heterocycles. The van der Waals surface area contributed by atoms with E-state index in [4.69, 9.17) is 32.7 Å². The summed E-state index contributed by atoms with van der Waals surface area (Å²) in [5, 5.41) is 13.2. The molecular formula is C25H20Cl2N2O3. The van der Waals surface area contributed by atoms with Crippen LogP contribution in [0, 0.1) is 11.3 Å². The number of hydrogen-bond donors (Lipinski definition) is 1. The molecule has 0 radical (unpaired) electrons. The van der Waals surface area contributed by atoms with Crippen LogP contribution in [-0.2, 0) is 11.4 Å². The van der Waals surface area contributed by atoms with Crippen LogP contribution in [0.25, 0.3) is 6.08 Å². The van der Waals surface area contributed by atoms with Gasteiger partial charge in [-0.15, -0.1) is 0 Å². The minimum atomic E-state index is -0.518. The summed E-state index contributed by atoms with van der Waals surface area (Å²) in [5.41, 5.74) is 1.95. The average molecular weight is 467 g/mol. The van der Waals surface area contributed by atoms with Crippen LogP contribution in [0.2, 0.25) is 10.0 Å². The number of para-hydroxylation sites is 1. The van der Waals surface area contributed by atoms with Gasteiger partial charge in [0.25, 0.3) is 5.91 Å². The maximum atomic E-state index is 12.6. The van der Waals surface area contributed by atoms with E-state index in [-0.39, 0.29) is 12.2 Å². The van der Waals surface area contributed by atoms with Crippen LogP contribution < -0.4 is 14.8 Å². The highest BCUT2D eigenvalue weighted by molar-refractivity contribution is 6.42. The van der Waals surface area contributed by atoms with Crippen molar-refractivity contribution in [2.24, 2.45) is 0 Å². The summed E-state index contributed by atoms with van der Waals surface area (Å²) in [6, 6.07) is 21.3. The lowest BCUT2D eigenvalue weighted by Crippen LogP contribution is -2.13. The number of hydrogen-bond acceptors (Lipinski definition) is 4. The predicted octanol–water partition coefficient (Wildman–Crippen LogP) is 6.52. The van der Waals surface area contributed by atoms with Crippen LogP contribution in [0.4, 0.5) is 5.69 Å². The second-order valence-electron chi connectivity index (χ2n) is 6.66. The SMILES string of the molecule is CCOc1ccc(NC(=O)/C(C#N)=C/c2ccccc2OCc2ccc(Cl)c(Cl)c2)cc1. The van der Waals surface area contributed by atoms with Gasteiger partial charge in [-0.25, -0.2) is 0 Å². The minimum Gasteiger partial charge on any atom is -0.494 e. The number of ether oxygens (including phenoxy) is 2. The van der Waals surface area contributed by atoms with Gasteiger partial charge in [0.15, 0.2) is 0 Å². The molecule has 0 spiro atoms. The monoisotopic (exact) mass is 466 g/mol. The third-order valence-electron chi connectivity index (χ3n) is 4.39. The first kappa shape index (κ1) is 23.2. The summed E-state index contributed by atoms with van der Waals surface area (Å²) in [6.45, 7) is 2.70. The molecule has 1 amide bonds. The molecule has 0 fully saturated rings. The van der Waals surface area contributed by atoms with Gasteiger partial charge >= 0.3 is 0 Å². The second kappa shape index (κ2) is 11.2. The molecule has 0 unspecified atom stereocenters. The predicted molar refractivity (Wildman–Crippen MR) is 127 cm³/mol. The van der Waals surface area contributed by atoms with Crippen molar-refractivity contribution in [3.63, 3.8) is 0 Å². The van der Waals surface area contributed by atoms with Crippen molar-refractivity contribution in [3.8, 4) is 17.6 Å². The first-order chi connectivity index (χ1) is 15.5. The Hall–Kier alpha value is -3.46. The molecule has 0 bridgehead atoms. The van der Waals surface area contributed by atoms with E-state index in [0.29, 0.717) is 39.4 Å². The molecule has 162 valence electrons. The number of nitrogens with one attached hydrogen (secondary N) is 1. The summed E-state index contributed by atoms with van der Waals surface area (Å²) < 4.78 is 11.3. The van der Waals surface area contributed by atoms with E-state index in [1.807, 2.05) is 25.1 Å². The Morgan fingerprint density at radius 2 is 1.78 bits per heavy atom. The lowest BCUT2D eigenvalue weighted by Gasteiger charge is -2.11. The van der Waals surface area contributed by atoms with Crippen LogP contribution in [0.15, 0.2) is 72.3 Å². The highest BCUT2D eigenvalue weighted by Gasteiger charge is 2.12. The number of amides is 1. The van der Waals surface area contributed by atoms with E-state index >= 15 is 0 Å². The lowest BCUT2D eigenvalue weighted by atomic mass is 10.1. The van der Waals surface area contributed by atoms with Gasteiger partial charge in [-0.3, -0.25) is 4.79 Å². The third-order valence-corrected chi connectivity index (χ3v) is 5.12. The van der Waals surface area contributed by atoms with Gasteiger partial charge in [0, 0.05) is 11.3 Å². The number of anilines is 1. The fourth-order valence-electron chi connectivity index (χ4n) is 2.83. The van der Waals surface area contributed by atoms with Crippen molar-refractivity contribution in [1.29, 1.82) is 5.26 Å². The van der Waals surface area contributed by atoms with Crippen molar-refractivity contribution in [1.82, 2.24) is 0 Å². The maximum absolute atomic E-state index is 12.6. The molecule has 0 aromatic heterocycles. The van der Waals surface area contributed by atoms with Crippen LogP contribution >= 0.6 is 23.2 Å². The van der Waals surface area contributed by atoms with Crippen LogP contribution in [-0.4, -0.2) is 12.5 Å². The average Bonchev–Trinajstić information content (AvgIpc) is 2.80. The Labute approximate surface area is 196 Å². The highest BCUT2D eigenvalue weighted by atomic mass is 35.5. The molecule has 0 atom stereocenters. The smallest absolute Gasteiger partial charge is 0.266 e. The highest BCUT2D eigenvalue weighted by Crippen LogP contribution is 2.26. The molecule has 7 heteroatoms. The summed E-state index contributed by atoms with van der Waals surface area (Å²) >= 11 is 12.0. The molecule has 32 heavy (non-hydrogen) atoms. The first-order valence-corrected chi connectivity index (χ1v) is 10.6. The molecule has 0 aliphatic carbocycles. The molecule has 3 aromatic rings. The number of nitriles is 1. The first-order valence-electron chi connectivity index (χ1n) is 9.82. The van der Waals surface area contributed by atoms with Crippen molar-refractivity contribution in [3.05, 3.63) is 93.5 Å². The molecule has 0 aliphatic rings. The zero-order valence-electron chi connectivity index (χ0n) is 17.3. The zero-order chi connectivity index (χ0) is 22.9. The number of rotatable bonds is 8. The maximum Gasteiger partial charge on any atom is 0.266 e. The topological polar surface area (TPSA) is 71.3 Å². The number of carbonyl (C=O) groups is 1. The molecule has 0 saturated heterocycles. The quantitative estimate of drug-likeness (QED) is 0.303. The minimum absolute atomic E-state index is 0.0514. The van der Waals surface area contributed by atoms with E-state index in [1.54, 1.807) is 54.6 Å². The number of carbonyl (C=O) groups excluding carboxylic acids is 1. The summed E-state index contributed by atoms with van der Waals surface area (Å²) in [4.78, 5) is 12.6. The zero-order valence-corrected chi connectivity index (χ0v) is 18.8. The van der Waals surface area contributed by atoms with Crippen LogP contribution in [0.1, 0.15) is 18.1 Å². The lowest BCUT2D eigenvalue weighted by molar-refractivity contribution is -0.112. The molecule has 0 saturated carbocycles. The fraction of sp³-hybridized carbons (Fsp3) is 0.120. The molecule has 3 aromatic carbocycles. The molecule has 1 N–H and O–H groups in total. The summed E-state index contributed by atoms with van der Waals surface area (Å²) in [6.07, 6.45) is 1.49. The fourth-order valence-corrected chi connectivity index (χ4v) is 3.15. The number of benzene rings is 3. The summed E-state index contributed by atoms with van der Waals surface area (Å²) in [7, 11) is 0. The van der Waals surface area contributed by atoms with Gasteiger partial charge in [-0.2, -0.15) is 5.26 Å². The van der Waals surface area contributed by atoms with E-state index in [0.717, 1.165) is 5.56 Å². The number of halogens is 2. The standard InChI is InChI=1S/C25H20Cl2N2O3/c1-2-31-21-10-8-20(9-11-21)29-25(30)19(15-28)14-18-5-3-4-6-24(18)32-16-17-7-12-22(26)23(27)13-17/h3-14H,2,16H2,1H3,(H,29,30)/b19-14+. The normalized spacial score (nSPS) is 10.9. The molecule has 0 aliphatic heterocycles. The third kappa shape index (κ3) is 6.27.